The number of aliphatic hydroxyl groups is 1. The summed E-state index contributed by atoms with van der Waals surface area (Å²) in [7, 11) is 2.32. The maximum absolute atomic E-state index is 9.81. The highest BCUT2D eigenvalue weighted by Crippen LogP contribution is 2.36. The second kappa shape index (κ2) is 7.24. The van der Waals surface area contributed by atoms with Crippen LogP contribution in [0.15, 0.2) is 0 Å². The number of hydrogen-bond donors (Lipinski definition) is 2. The van der Waals surface area contributed by atoms with Crippen molar-refractivity contribution < 1.29 is 5.11 Å². The lowest BCUT2D eigenvalue weighted by molar-refractivity contribution is 0.105. The molecule has 0 radical (unpaired) electrons. The normalized spacial score (nSPS) is 38.5. The molecule has 0 bridgehead atoms. The van der Waals surface area contributed by atoms with Crippen LogP contribution in [0.4, 0.5) is 0 Å². The predicted molar refractivity (Wildman–Crippen MR) is 84.9 cm³/mol. The molecule has 3 heteroatoms. The van der Waals surface area contributed by atoms with Crippen molar-refractivity contribution in [3.8, 4) is 0 Å². The Labute approximate surface area is 125 Å². The third-order valence-corrected chi connectivity index (χ3v) is 5.70. The molecule has 2 aliphatic carbocycles. The highest BCUT2D eigenvalue weighted by molar-refractivity contribution is 5.00. The van der Waals surface area contributed by atoms with Gasteiger partial charge in [-0.25, -0.2) is 0 Å². The van der Waals surface area contributed by atoms with Gasteiger partial charge < -0.3 is 15.3 Å². The van der Waals surface area contributed by atoms with E-state index in [9.17, 15) is 5.11 Å². The zero-order valence-corrected chi connectivity index (χ0v) is 13.7. The second-order valence-corrected chi connectivity index (χ2v) is 7.35. The number of rotatable bonds is 6. The number of aliphatic hydroxyl groups excluding tert-OH is 1. The fourth-order valence-corrected chi connectivity index (χ4v) is 4.27. The largest absolute Gasteiger partial charge is 0.394 e. The average Bonchev–Trinajstić information content (AvgIpc) is 2.89. The minimum atomic E-state index is -0.00474. The zero-order valence-electron chi connectivity index (χ0n) is 13.7. The summed E-state index contributed by atoms with van der Waals surface area (Å²) in [6, 6.07) is 1.42. The summed E-state index contributed by atoms with van der Waals surface area (Å²) in [4.78, 5) is 2.64. The molecule has 0 aromatic rings. The fourth-order valence-electron chi connectivity index (χ4n) is 4.27. The molecular formula is C17H34N2O. The van der Waals surface area contributed by atoms with Crippen molar-refractivity contribution in [1.29, 1.82) is 0 Å². The lowest BCUT2D eigenvalue weighted by Crippen LogP contribution is -2.49. The molecular weight excluding hydrogens is 248 g/mol. The Kier molecular flexibility index (Phi) is 5.88. The molecule has 2 saturated carbocycles. The van der Waals surface area contributed by atoms with Crippen molar-refractivity contribution in [1.82, 2.24) is 10.2 Å². The molecule has 20 heavy (non-hydrogen) atoms. The van der Waals surface area contributed by atoms with Gasteiger partial charge in [0, 0.05) is 17.6 Å². The van der Waals surface area contributed by atoms with Crippen LogP contribution in [0.3, 0.4) is 0 Å². The summed E-state index contributed by atoms with van der Waals surface area (Å²) in [5, 5.41) is 13.4. The standard InChI is InChI=1S/C17H34N2O/c1-4-10-18-17(13-20)9-8-16(12-17)19(3)15-7-5-6-14(2)11-15/h14-16,18,20H,4-13H2,1-3H3. The first kappa shape index (κ1) is 16.3. The van der Waals surface area contributed by atoms with Gasteiger partial charge in [0.05, 0.1) is 6.61 Å². The molecule has 0 heterocycles. The molecule has 2 fully saturated rings. The van der Waals surface area contributed by atoms with E-state index < -0.39 is 0 Å². The quantitative estimate of drug-likeness (QED) is 0.786. The minimum Gasteiger partial charge on any atom is -0.394 e. The Morgan fingerprint density at radius 3 is 2.70 bits per heavy atom. The van der Waals surface area contributed by atoms with Gasteiger partial charge in [0.2, 0.25) is 0 Å². The van der Waals surface area contributed by atoms with Crippen LogP contribution in [0.25, 0.3) is 0 Å². The van der Waals surface area contributed by atoms with E-state index in [4.69, 9.17) is 0 Å². The molecule has 0 saturated heterocycles. The van der Waals surface area contributed by atoms with Crippen LogP contribution in [0.1, 0.15) is 65.2 Å². The van der Waals surface area contributed by atoms with Crippen LogP contribution in [0.2, 0.25) is 0 Å². The summed E-state index contributed by atoms with van der Waals surface area (Å²) >= 11 is 0. The molecule has 0 amide bonds. The molecule has 0 aromatic carbocycles. The first-order valence-corrected chi connectivity index (χ1v) is 8.68. The molecule has 0 aliphatic heterocycles. The van der Waals surface area contributed by atoms with E-state index in [1.54, 1.807) is 0 Å². The van der Waals surface area contributed by atoms with E-state index in [0.717, 1.165) is 37.8 Å². The van der Waals surface area contributed by atoms with E-state index in [-0.39, 0.29) is 5.54 Å². The summed E-state index contributed by atoms with van der Waals surface area (Å²) in [6.45, 7) is 5.91. The van der Waals surface area contributed by atoms with E-state index in [0.29, 0.717) is 12.6 Å². The average molecular weight is 282 g/mol. The van der Waals surface area contributed by atoms with Crippen LogP contribution in [0, 0.1) is 5.92 Å². The van der Waals surface area contributed by atoms with Crippen LogP contribution in [0.5, 0.6) is 0 Å². The van der Waals surface area contributed by atoms with Gasteiger partial charge in [0.15, 0.2) is 0 Å². The number of nitrogens with zero attached hydrogens (tertiary/aromatic N) is 1. The maximum Gasteiger partial charge on any atom is 0.0613 e. The van der Waals surface area contributed by atoms with Gasteiger partial charge in [-0.1, -0.05) is 26.7 Å². The Hall–Kier alpha value is -0.120. The van der Waals surface area contributed by atoms with Gasteiger partial charge in [-0.15, -0.1) is 0 Å². The van der Waals surface area contributed by atoms with Gasteiger partial charge in [0.1, 0.15) is 0 Å². The molecule has 0 spiro atoms. The first-order chi connectivity index (χ1) is 9.60. The smallest absolute Gasteiger partial charge is 0.0613 e. The Bertz CT molecular complexity index is 297. The van der Waals surface area contributed by atoms with E-state index in [2.05, 4.69) is 31.1 Å². The van der Waals surface area contributed by atoms with Gasteiger partial charge in [-0.2, -0.15) is 0 Å². The van der Waals surface area contributed by atoms with E-state index in [1.165, 1.54) is 32.1 Å². The summed E-state index contributed by atoms with van der Waals surface area (Å²) in [6.07, 6.45) is 10.1. The fraction of sp³-hybridized carbons (Fsp3) is 1.00. The van der Waals surface area contributed by atoms with Gasteiger partial charge in [0.25, 0.3) is 0 Å². The molecule has 4 atom stereocenters. The lowest BCUT2D eigenvalue weighted by Gasteiger charge is -2.38. The molecule has 2 rings (SSSR count). The van der Waals surface area contributed by atoms with Gasteiger partial charge >= 0.3 is 0 Å². The van der Waals surface area contributed by atoms with Crippen LogP contribution in [-0.2, 0) is 0 Å². The molecule has 2 N–H and O–H groups in total. The Morgan fingerprint density at radius 1 is 1.25 bits per heavy atom. The second-order valence-electron chi connectivity index (χ2n) is 7.35. The highest BCUT2D eigenvalue weighted by atomic mass is 16.3. The molecule has 118 valence electrons. The van der Waals surface area contributed by atoms with Crippen molar-refractivity contribution in [3.63, 3.8) is 0 Å². The van der Waals surface area contributed by atoms with Gasteiger partial charge in [-0.05, 0) is 58.0 Å². The third kappa shape index (κ3) is 3.75. The van der Waals surface area contributed by atoms with Gasteiger partial charge in [-0.3, -0.25) is 0 Å². The maximum atomic E-state index is 9.81. The third-order valence-electron chi connectivity index (χ3n) is 5.70. The van der Waals surface area contributed by atoms with Crippen LogP contribution >= 0.6 is 0 Å². The van der Waals surface area contributed by atoms with Crippen molar-refractivity contribution in [3.05, 3.63) is 0 Å². The number of hydrogen-bond acceptors (Lipinski definition) is 3. The van der Waals surface area contributed by atoms with Crippen molar-refractivity contribution in [2.24, 2.45) is 5.92 Å². The Balaban J connectivity index is 1.90. The number of nitrogens with one attached hydrogen (secondary N) is 1. The first-order valence-electron chi connectivity index (χ1n) is 8.68. The SMILES string of the molecule is CCCNC1(CO)CCC(N(C)C2CCCC(C)C2)C1. The monoisotopic (exact) mass is 282 g/mol. The van der Waals surface area contributed by atoms with Crippen molar-refractivity contribution in [2.45, 2.75) is 82.8 Å². The Morgan fingerprint density at radius 2 is 2.05 bits per heavy atom. The highest BCUT2D eigenvalue weighted by Gasteiger charge is 2.41. The topological polar surface area (TPSA) is 35.5 Å². The van der Waals surface area contributed by atoms with E-state index >= 15 is 0 Å². The molecule has 0 aromatic heterocycles. The van der Waals surface area contributed by atoms with Crippen molar-refractivity contribution >= 4 is 0 Å². The molecule has 2 aliphatic rings. The summed E-state index contributed by atoms with van der Waals surface area (Å²) in [5.74, 6) is 0.887. The van der Waals surface area contributed by atoms with Crippen LogP contribution < -0.4 is 5.32 Å². The molecule has 3 nitrogen and oxygen atoms in total. The minimum absolute atomic E-state index is 0.00474. The summed E-state index contributed by atoms with van der Waals surface area (Å²) in [5.41, 5.74) is -0.00474. The summed E-state index contributed by atoms with van der Waals surface area (Å²) < 4.78 is 0. The lowest BCUT2D eigenvalue weighted by atomic mass is 9.85. The van der Waals surface area contributed by atoms with Crippen molar-refractivity contribution in [2.75, 3.05) is 20.2 Å². The van der Waals surface area contributed by atoms with E-state index in [1.807, 2.05) is 0 Å². The predicted octanol–water partition coefficient (Wildman–Crippen LogP) is 2.78. The molecule has 4 unspecified atom stereocenters. The van der Waals surface area contributed by atoms with Crippen LogP contribution in [-0.4, -0.2) is 47.8 Å². The zero-order chi connectivity index (χ0) is 14.6.